The van der Waals surface area contributed by atoms with Gasteiger partial charge in [-0.05, 0) is 52.7 Å². The first-order chi connectivity index (χ1) is 15.5. The number of aromatic nitrogens is 4. The highest BCUT2D eigenvalue weighted by Crippen LogP contribution is 2.37. The molecule has 1 unspecified atom stereocenters. The number of thiophene rings is 1. The van der Waals surface area contributed by atoms with E-state index < -0.39 is 0 Å². The van der Waals surface area contributed by atoms with Crippen LogP contribution in [0.3, 0.4) is 0 Å². The lowest BCUT2D eigenvalue weighted by Crippen LogP contribution is -2.40. The third-order valence-electron chi connectivity index (χ3n) is 6.49. The van der Waals surface area contributed by atoms with Crippen molar-refractivity contribution in [1.29, 1.82) is 0 Å². The standard InChI is InChI=1S/C23H25BrN6OS/c1-3-13(2)23(31)29-7-4-14(5-8-29)20-19(24)21(25)30-22(28-20)16(12-27-30)15-10-18-17(26-11-15)6-9-32-18/h6,9-14H,3-5,7-8,25H2,1-2H3. The number of nitrogen functional groups attached to an aromatic ring is 1. The van der Waals surface area contributed by atoms with Crippen LogP contribution in [0, 0.1) is 5.92 Å². The van der Waals surface area contributed by atoms with E-state index in [0.29, 0.717) is 5.82 Å². The van der Waals surface area contributed by atoms with Crippen molar-refractivity contribution in [3.05, 3.63) is 40.1 Å². The molecule has 0 bridgehead atoms. The molecule has 0 spiro atoms. The van der Waals surface area contributed by atoms with Gasteiger partial charge in [-0.3, -0.25) is 9.78 Å². The van der Waals surface area contributed by atoms with Crippen molar-refractivity contribution in [1.82, 2.24) is 24.5 Å². The molecule has 32 heavy (non-hydrogen) atoms. The molecule has 4 aromatic heterocycles. The fourth-order valence-corrected chi connectivity index (χ4v) is 5.70. The summed E-state index contributed by atoms with van der Waals surface area (Å²) in [6, 6.07) is 4.15. The fraction of sp³-hybridized carbons (Fsp3) is 0.391. The van der Waals surface area contributed by atoms with E-state index in [1.165, 1.54) is 0 Å². The topological polar surface area (TPSA) is 89.4 Å². The SMILES string of the molecule is CCC(C)C(=O)N1CCC(c2nc3c(-c4cnc5ccsc5c4)cnn3c(N)c2Br)CC1. The second kappa shape index (κ2) is 8.44. The lowest BCUT2D eigenvalue weighted by molar-refractivity contribution is -0.136. The Morgan fingerprint density at radius 3 is 2.88 bits per heavy atom. The van der Waals surface area contributed by atoms with E-state index in [2.05, 4.69) is 39.0 Å². The van der Waals surface area contributed by atoms with Crippen LogP contribution in [0.2, 0.25) is 0 Å². The normalized spacial score (nSPS) is 16.2. The molecule has 1 saturated heterocycles. The lowest BCUT2D eigenvalue weighted by Gasteiger charge is -2.33. The van der Waals surface area contributed by atoms with Crippen LogP contribution in [0.25, 0.3) is 27.0 Å². The highest BCUT2D eigenvalue weighted by Gasteiger charge is 2.29. The smallest absolute Gasteiger partial charge is 0.225 e. The van der Waals surface area contributed by atoms with Gasteiger partial charge >= 0.3 is 0 Å². The molecule has 0 aromatic carbocycles. The van der Waals surface area contributed by atoms with Gasteiger partial charge in [-0.25, -0.2) is 4.98 Å². The van der Waals surface area contributed by atoms with Gasteiger partial charge in [0.05, 0.1) is 26.6 Å². The van der Waals surface area contributed by atoms with Crippen LogP contribution in [-0.4, -0.2) is 43.5 Å². The Balaban J connectivity index is 1.49. The first kappa shape index (κ1) is 21.3. The summed E-state index contributed by atoms with van der Waals surface area (Å²) < 4.78 is 3.60. The quantitative estimate of drug-likeness (QED) is 0.410. The summed E-state index contributed by atoms with van der Waals surface area (Å²) in [5.74, 6) is 1.10. The molecule has 0 aliphatic carbocycles. The minimum atomic E-state index is 0.0760. The summed E-state index contributed by atoms with van der Waals surface area (Å²) in [4.78, 5) is 24.2. The van der Waals surface area contributed by atoms with Gasteiger partial charge < -0.3 is 10.6 Å². The van der Waals surface area contributed by atoms with Crippen molar-refractivity contribution in [2.45, 2.75) is 39.0 Å². The van der Waals surface area contributed by atoms with E-state index in [9.17, 15) is 4.79 Å². The van der Waals surface area contributed by atoms with Gasteiger partial charge in [-0.2, -0.15) is 9.61 Å². The van der Waals surface area contributed by atoms with Crippen LogP contribution >= 0.6 is 27.3 Å². The van der Waals surface area contributed by atoms with E-state index in [4.69, 9.17) is 10.7 Å². The molecular weight excluding hydrogens is 488 g/mol. The number of likely N-dealkylation sites (tertiary alicyclic amines) is 1. The number of nitrogens with two attached hydrogens (primary N) is 1. The van der Waals surface area contributed by atoms with Crippen LogP contribution in [-0.2, 0) is 4.79 Å². The Kier molecular flexibility index (Phi) is 5.63. The van der Waals surface area contributed by atoms with Gasteiger partial charge in [0.15, 0.2) is 5.65 Å². The lowest BCUT2D eigenvalue weighted by atomic mass is 9.92. The van der Waals surface area contributed by atoms with Gasteiger partial charge in [-0.15, -0.1) is 11.3 Å². The number of rotatable bonds is 4. The number of carbonyl (C=O) groups excluding carboxylic acids is 1. The number of hydrogen-bond donors (Lipinski definition) is 1. The molecule has 1 aliphatic heterocycles. The summed E-state index contributed by atoms with van der Waals surface area (Å²) in [5, 5.41) is 6.54. The molecule has 5 rings (SSSR count). The average Bonchev–Trinajstić information content (AvgIpc) is 3.47. The van der Waals surface area contributed by atoms with Crippen molar-refractivity contribution in [2.24, 2.45) is 5.92 Å². The summed E-state index contributed by atoms with van der Waals surface area (Å²) in [6.07, 6.45) is 6.28. The molecule has 5 heterocycles. The number of anilines is 1. The largest absolute Gasteiger partial charge is 0.383 e. The highest BCUT2D eigenvalue weighted by molar-refractivity contribution is 9.10. The number of piperidine rings is 1. The summed E-state index contributed by atoms with van der Waals surface area (Å²) in [6.45, 7) is 5.56. The number of amides is 1. The predicted octanol–water partition coefficient (Wildman–Crippen LogP) is 5.10. The first-order valence-corrected chi connectivity index (χ1v) is 12.6. The van der Waals surface area contributed by atoms with Crippen molar-refractivity contribution >= 4 is 54.9 Å². The molecule has 9 heteroatoms. The zero-order valence-electron chi connectivity index (χ0n) is 18.1. The van der Waals surface area contributed by atoms with Crippen molar-refractivity contribution in [3.63, 3.8) is 0 Å². The monoisotopic (exact) mass is 512 g/mol. The summed E-state index contributed by atoms with van der Waals surface area (Å²) in [7, 11) is 0. The van der Waals surface area contributed by atoms with Crippen LogP contribution < -0.4 is 5.73 Å². The Labute approximate surface area is 198 Å². The number of carbonyl (C=O) groups is 1. The highest BCUT2D eigenvalue weighted by atomic mass is 79.9. The summed E-state index contributed by atoms with van der Waals surface area (Å²) >= 11 is 5.34. The third-order valence-corrected chi connectivity index (χ3v) is 8.15. The minimum Gasteiger partial charge on any atom is -0.383 e. The van der Waals surface area contributed by atoms with Gasteiger partial charge in [0.1, 0.15) is 5.82 Å². The maximum Gasteiger partial charge on any atom is 0.225 e. The first-order valence-electron chi connectivity index (χ1n) is 10.9. The predicted molar refractivity (Wildman–Crippen MR) is 132 cm³/mol. The van der Waals surface area contributed by atoms with E-state index in [1.54, 1.807) is 22.0 Å². The van der Waals surface area contributed by atoms with Crippen LogP contribution in [0.15, 0.2) is 34.4 Å². The van der Waals surface area contributed by atoms with Gasteiger partial charge in [0.2, 0.25) is 5.91 Å². The number of pyridine rings is 1. The van der Waals surface area contributed by atoms with Gasteiger partial charge in [-0.1, -0.05) is 13.8 Å². The molecule has 7 nitrogen and oxygen atoms in total. The van der Waals surface area contributed by atoms with Gasteiger partial charge in [0, 0.05) is 42.2 Å². The Morgan fingerprint density at radius 1 is 1.34 bits per heavy atom. The molecule has 1 aliphatic rings. The van der Waals surface area contributed by atoms with E-state index in [-0.39, 0.29) is 17.7 Å². The second-order valence-electron chi connectivity index (χ2n) is 8.43. The molecule has 4 aromatic rings. The van der Waals surface area contributed by atoms with Gasteiger partial charge in [0.25, 0.3) is 0 Å². The third kappa shape index (κ3) is 3.57. The van der Waals surface area contributed by atoms with E-state index in [0.717, 1.165) is 69.5 Å². The van der Waals surface area contributed by atoms with Crippen molar-refractivity contribution in [3.8, 4) is 11.1 Å². The molecule has 0 saturated carbocycles. The van der Waals surface area contributed by atoms with E-state index >= 15 is 0 Å². The van der Waals surface area contributed by atoms with E-state index in [1.807, 2.05) is 29.5 Å². The summed E-state index contributed by atoms with van der Waals surface area (Å²) in [5.41, 5.74) is 11.0. The average molecular weight is 513 g/mol. The Hall–Kier alpha value is -2.52. The Morgan fingerprint density at radius 2 is 2.12 bits per heavy atom. The molecule has 166 valence electrons. The molecule has 1 amide bonds. The Bertz CT molecular complexity index is 1310. The minimum absolute atomic E-state index is 0.0760. The zero-order valence-corrected chi connectivity index (χ0v) is 20.5. The van der Waals surface area contributed by atoms with Crippen LogP contribution in [0.5, 0.6) is 0 Å². The maximum absolute atomic E-state index is 12.6. The number of fused-ring (bicyclic) bond motifs is 2. The van der Waals surface area contributed by atoms with Crippen LogP contribution in [0.4, 0.5) is 5.82 Å². The second-order valence-corrected chi connectivity index (χ2v) is 10.2. The number of halogens is 1. The molecule has 1 fully saturated rings. The maximum atomic E-state index is 12.6. The molecular formula is C23H25BrN6OS. The molecule has 0 radical (unpaired) electrons. The number of hydrogen-bond acceptors (Lipinski definition) is 6. The van der Waals surface area contributed by atoms with Crippen LogP contribution in [0.1, 0.15) is 44.7 Å². The number of nitrogens with zero attached hydrogens (tertiary/aromatic N) is 5. The molecule has 2 N–H and O–H groups in total. The fourth-order valence-electron chi connectivity index (χ4n) is 4.34. The van der Waals surface area contributed by atoms with Crippen molar-refractivity contribution in [2.75, 3.05) is 18.8 Å². The van der Waals surface area contributed by atoms with Crippen molar-refractivity contribution < 1.29 is 4.79 Å². The molecule has 1 atom stereocenters. The zero-order chi connectivity index (χ0) is 22.4.